The summed E-state index contributed by atoms with van der Waals surface area (Å²) in [4.78, 5) is 76.5. The molecule has 63 heavy (non-hydrogen) atoms. The van der Waals surface area contributed by atoms with Crippen molar-refractivity contribution in [3.05, 3.63) is 138 Å². The van der Waals surface area contributed by atoms with Crippen LogP contribution in [0.3, 0.4) is 0 Å². The van der Waals surface area contributed by atoms with Gasteiger partial charge in [-0.1, -0.05) is 103 Å². The predicted molar refractivity (Wildman–Crippen MR) is 240 cm³/mol. The molecule has 4 aromatic rings. The normalized spacial score (nSPS) is 13.0. The molecule has 0 aliphatic rings. The number of carboxylic acids is 1. The lowest BCUT2D eigenvalue weighted by Crippen LogP contribution is -2.54. The summed E-state index contributed by atoms with van der Waals surface area (Å²) in [5.41, 5.74) is 7.66. The highest BCUT2D eigenvalue weighted by Crippen LogP contribution is 2.48. The van der Waals surface area contributed by atoms with Crippen molar-refractivity contribution in [1.29, 1.82) is 0 Å². The molecule has 0 aliphatic carbocycles. The Labute approximate surface area is 372 Å². The maximum absolute atomic E-state index is 13.9. The minimum Gasteiger partial charge on any atom is -0.480 e. The third-order valence-electron chi connectivity index (χ3n) is 9.18. The third kappa shape index (κ3) is 15.7. The second-order valence-electron chi connectivity index (χ2n) is 16.6. The van der Waals surface area contributed by atoms with Gasteiger partial charge in [-0.2, -0.15) is 0 Å². The summed E-state index contributed by atoms with van der Waals surface area (Å²) in [6.07, 6.45) is -2.35. The maximum Gasteiger partial charge on any atom is 0.412 e. The summed E-state index contributed by atoms with van der Waals surface area (Å²) in [6, 6.07) is 32.0. The van der Waals surface area contributed by atoms with Gasteiger partial charge in [-0.15, -0.1) is 11.8 Å². The molecule has 7 N–H and O–H groups in total. The number of hydrogen-bond donors (Lipinski definition) is 6. The molecule has 4 rings (SSSR count). The first-order chi connectivity index (χ1) is 29.8. The van der Waals surface area contributed by atoms with E-state index in [2.05, 4.69) is 21.3 Å². The van der Waals surface area contributed by atoms with E-state index >= 15 is 0 Å². The first kappa shape index (κ1) is 49.1. The van der Waals surface area contributed by atoms with Crippen LogP contribution in [0.5, 0.6) is 5.75 Å². The number of nitrogens with one attached hydrogen (secondary N) is 4. The van der Waals surface area contributed by atoms with Crippen LogP contribution in [0.4, 0.5) is 14.4 Å². The topological polar surface area (TPSA) is 224 Å². The molecule has 16 heteroatoms. The van der Waals surface area contributed by atoms with E-state index in [0.29, 0.717) is 5.56 Å². The van der Waals surface area contributed by atoms with Gasteiger partial charge in [0, 0.05) is 18.7 Å². The van der Waals surface area contributed by atoms with E-state index in [0.717, 1.165) is 16.7 Å². The van der Waals surface area contributed by atoms with E-state index in [4.69, 9.17) is 19.9 Å². The Morgan fingerprint density at radius 3 is 1.51 bits per heavy atom. The second kappa shape index (κ2) is 22.5. The van der Waals surface area contributed by atoms with Gasteiger partial charge in [-0.3, -0.25) is 9.59 Å². The Morgan fingerprint density at radius 1 is 0.619 bits per heavy atom. The number of carbonyl (C=O) groups is 6. The van der Waals surface area contributed by atoms with Crippen molar-refractivity contribution in [2.75, 3.05) is 12.3 Å². The number of aliphatic carboxylic acids is 1. The van der Waals surface area contributed by atoms with E-state index in [-0.39, 0.29) is 37.3 Å². The fourth-order valence-electron chi connectivity index (χ4n) is 6.38. The Hall–Kier alpha value is -6.55. The van der Waals surface area contributed by atoms with Crippen LogP contribution in [0.15, 0.2) is 115 Å². The molecule has 0 radical (unpaired) electrons. The van der Waals surface area contributed by atoms with E-state index in [9.17, 15) is 33.9 Å². The Kier molecular flexibility index (Phi) is 17.6. The molecule has 0 saturated heterocycles. The Balaban J connectivity index is 1.41. The molecule has 5 amide bonds. The third-order valence-corrected chi connectivity index (χ3v) is 10.8. The number of primary amides is 1. The highest BCUT2D eigenvalue weighted by molar-refractivity contribution is 8.00. The lowest BCUT2D eigenvalue weighted by molar-refractivity contribution is -0.139. The zero-order valence-electron chi connectivity index (χ0n) is 36.3. The average Bonchev–Trinajstić information content (AvgIpc) is 3.21. The van der Waals surface area contributed by atoms with Crippen LogP contribution in [0.2, 0.25) is 0 Å². The first-order valence-electron chi connectivity index (χ1n) is 20.4. The summed E-state index contributed by atoms with van der Waals surface area (Å²) in [6.45, 7) is 10.1. The van der Waals surface area contributed by atoms with Gasteiger partial charge in [0.05, 0.1) is 4.75 Å². The zero-order valence-corrected chi connectivity index (χ0v) is 37.2. The summed E-state index contributed by atoms with van der Waals surface area (Å²) in [7, 11) is 0. The molecule has 3 atom stereocenters. The molecule has 0 unspecified atom stereocenters. The fraction of sp³-hybridized carbons (Fsp3) is 0.362. The lowest BCUT2D eigenvalue weighted by Gasteiger charge is -2.36. The molecule has 15 nitrogen and oxygen atoms in total. The minimum absolute atomic E-state index is 0.0305. The van der Waals surface area contributed by atoms with E-state index in [1.807, 2.05) is 91.0 Å². The Bertz CT molecular complexity index is 2050. The number of alkyl carbamates (subject to hydrolysis) is 2. The molecule has 0 aromatic heterocycles. The van der Waals surface area contributed by atoms with Crippen LogP contribution in [0.25, 0.3) is 0 Å². The van der Waals surface area contributed by atoms with Gasteiger partial charge in [-0.25, -0.2) is 19.2 Å². The fourth-order valence-corrected chi connectivity index (χ4v) is 7.95. The summed E-state index contributed by atoms with van der Waals surface area (Å²) in [5, 5.41) is 19.9. The minimum atomic E-state index is -1.26. The van der Waals surface area contributed by atoms with Gasteiger partial charge in [0.1, 0.15) is 35.1 Å². The largest absolute Gasteiger partial charge is 0.480 e. The van der Waals surface area contributed by atoms with Gasteiger partial charge in [-0.05, 0) is 88.8 Å². The molecular weight excluding hydrogens is 827 g/mol. The lowest BCUT2D eigenvalue weighted by atomic mass is 9.84. The van der Waals surface area contributed by atoms with E-state index in [1.165, 1.54) is 23.9 Å². The van der Waals surface area contributed by atoms with Crippen molar-refractivity contribution in [2.45, 2.75) is 94.9 Å². The van der Waals surface area contributed by atoms with Crippen LogP contribution in [0, 0.1) is 0 Å². The number of carbonyl (C=O) groups excluding carboxylic acids is 5. The molecule has 4 aromatic carbocycles. The van der Waals surface area contributed by atoms with Crippen LogP contribution in [-0.2, 0) is 35.0 Å². The number of ether oxygens (including phenoxy) is 3. The molecule has 0 saturated carbocycles. The standard InChI is InChI=1S/C47H57N5O10S/c1-45(2,3)61-43(58)51-36(23-16-28-49-42(57)60-35-26-24-31(25-27-35)29-37(41(55)56)52-44(59)62-46(4,5)6)40(54)50-38(39(48)53)30-63-47(32-17-10-7-11-18-32,33-19-12-8-13-20-33)34-21-14-9-15-22-34/h7-15,17-22,24-27,36-38H,16,23,28-30H2,1-6H3,(H2,48,53)(H,49,57)(H,50,54)(H,51,58)(H,52,59)(H,55,56)/t36-,37-,38-/m0/s1. The number of thioether (sulfide) groups is 1. The molecule has 336 valence electrons. The summed E-state index contributed by atoms with van der Waals surface area (Å²) in [5.74, 6) is -2.47. The van der Waals surface area contributed by atoms with Gasteiger partial charge in [0.2, 0.25) is 11.8 Å². The van der Waals surface area contributed by atoms with E-state index in [1.54, 1.807) is 53.7 Å². The van der Waals surface area contributed by atoms with Gasteiger partial charge < -0.3 is 46.3 Å². The second-order valence-corrected chi connectivity index (χ2v) is 17.8. The van der Waals surface area contributed by atoms with Gasteiger partial charge in [0.25, 0.3) is 0 Å². The number of carboxylic acid groups (broad SMARTS) is 1. The molecule has 0 aliphatic heterocycles. The average molecular weight is 884 g/mol. The predicted octanol–water partition coefficient (Wildman–Crippen LogP) is 6.66. The number of nitrogens with two attached hydrogens (primary N) is 1. The zero-order chi connectivity index (χ0) is 46.2. The molecular formula is C47H57N5O10S. The van der Waals surface area contributed by atoms with Crippen LogP contribution >= 0.6 is 11.8 Å². The number of hydrogen-bond acceptors (Lipinski definition) is 10. The van der Waals surface area contributed by atoms with E-state index < -0.39 is 70.1 Å². The van der Waals surface area contributed by atoms with Crippen molar-refractivity contribution in [3.63, 3.8) is 0 Å². The molecule has 0 spiro atoms. The van der Waals surface area contributed by atoms with Crippen LogP contribution in [-0.4, -0.2) is 82.8 Å². The summed E-state index contributed by atoms with van der Waals surface area (Å²) < 4.78 is 15.2. The van der Waals surface area contributed by atoms with Gasteiger partial charge in [0.15, 0.2) is 0 Å². The van der Waals surface area contributed by atoms with Crippen molar-refractivity contribution in [3.8, 4) is 5.75 Å². The van der Waals surface area contributed by atoms with Crippen LogP contribution < -0.4 is 31.7 Å². The van der Waals surface area contributed by atoms with Crippen molar-refractivity contribution in [1.82, 2.24) is 21.3 Å². The highest BCUT2D eigenvalue weighted by Gasteiger charge is 2.39. The smallest absolute Gasteiger partial charge is 0.412 e. The highest BCUT2D eigenvalue weighted by atomic mass is 32.2. The molecule has 0 fully saturated rings. The van der Waals surface area contributed by atoms with Crippen molar-refractivity contribution < 1.29 is 48.1 Å². The number of rotatable bonds is 19. The monoisotopic (exact) mass is 883 g/mol. The first-order valence-corrected chi connectivity index (χ1v) is 21.4. The van der Waals surface area contributed by atoms with Gasteiger partial charge >= 0.3 is 24.2 Å². The molecule has 0 heterocycles. The van der Waals surface area contributed by atoms with Crippen molar-refractivity contribution >= 4 is 47.8 Å². The quantitative estimate of drug-likeness (QED) is 0.0431. The molecule has 0 bridgehead atoms. The van der Waals surface area contributed by atoms with Crippen molar-refractivity contribution in [2.24, 2.45) is 5.73 Å². The summed E-state index contributed by atoms with van der Waals surface area (Å²) >= 11 is 1.44. The Morgan fingerprint density at radius 2 is 1.08 bits per heavy atom. The number of benzene rings is 4. The maximum atomic E-state index is 13.9. The SMILES string of the molecule is CC(C)(C)OC(=O)N[C@@H](Cc1ccc(OC(=O)NCCC[C@H](NC(=O)OC(C)(C)C)C(=O)N[C@@H](CSC(c2ccccc2)(c2ccccc2)c2ccccc2)C(N)=O)cc1)C(=O)O. The van der Waals surface area contributed by atoms with Crippen LogP contribution in [0.1, 0.15) is 76.6 Å². The number of amides is 5.